The van der Waals surface area contributed by atoms with Crippen LogP contribution in [0.4, 0.5) is 5.69 Å². The summed E-state index contributed by atoms with van der Waals surface area (Å²) in [6.45, 7) is 1.46. The fourth-order valence-corrected chi connectivity index (χ4v) is 5.51. The van der Waals surface area contributed by atoms with E-state index >= 15 is 0 Å². The van der Waals surface area contributed by atoms with Gasteiger partial charge in [-0.3, -0.25) is 19.3 Å². The van der Waals surface area contributed by atoms with Crippen LogP contribution in [0.1, 0.15) is 39.1 Å². The van der Waals surface area contributed by atoms with Crippen molar-refractivity contribution in [2.24, 2.45) is 0 Å². The number of aromatic amines is 2. The van der Waals surface area contributed by atoms with Gasteiger partial charge in [0.15, 0.2) is 11.5 Å². The number of piperidine rings is 1. The molecular weight excluding hydrogens is 554 g/mol. The number of hydrogen-bond donors (Lipinski definition) is 5. The van der Waals surface area contributed by atoms with Gasteiger partial charge in [-0.25, -0.2) is 4.98 Å². The van der Waals surface area contributed by atoms with E-state index in [4.69, 9.17) is 10.00 Å². The van der Waals surface area contributed by atoms with Gasteiger partial charge in [-0.1, -0.05) is 0 Å². The molecule has 5 N–H and O–H groups in total. The monoisotopic (exact) mass is 583 g/mol. The Balaban J connectivity index is 1.19. The second-order valence-corrected chi connectivity index (χ2v) is 10.8. The third kappa shape index (κ3) is 5.29. The number of phenols is 1. The van der Waals surface area contributed by atoms with Crippen LogP contribution in [-0.4, -0.2) is 92.2 Å². The normalized spacial score (nSPS) is 16.3. The molecule has 2 aromatic carbocycles. The first-order valence-corrected chi connectivity index (χ1v) is 13.8. The molecule has 2 aromatic heterocycles. The highest BCUT2D eigenvalue weighted by Crippen LogP contribution is 2.33. The quantitative estimate of drug-likeness (QED) is 0.192. The van der Waals surface area contributed by atoms with Gasteiger partial charge < -0.3 is 35.1 Å². The zero-order chi connectivity index (χ0) is 30.2. The van der Waals surface area contributed by atoms with E-state index in [1.54, 1.807) is 18.2 Å². The molecule has 0 spiro atoms. The average Bonchev–Trinajstić information content (AvgIpc) is 3.52. The minimum absolute atomic E-state index is 0.00217. The number of phenolic OH excluding ortho intramolecular Hbond substituents is 1. The van der Waals surface area contributed by atoms with Crippen molar-refractivity contribution >= 4 is 28.5 Å². The van der Waals surface area contributed by atoms with E-state index in [2.05, 4.69) is 25.2 Å². The van der Waals surface area contributed by atoms with E-state index < -0.39 is 11.7 Å². The molecular formula is C30H29N7O6. The van der Waals surface area contributed by atoms with Crippen molar-refractivity contribution in [3.05, 3.63) is 69.6 Å². The number of nitrogens with zero attached hydrogens (tertiary/aromatic N) is 4. The Morgan fingerprint density at radius 2 is 1.88 bits per heavy atom. The first-order valence-electron chi connectivity index (χ1n) is 13.8. The van der Waals surface area contributed by atoms with Crippen LogP contribution in [0.3, 0.4) is 0 Å². The molecule has 1 fully saturated rings. The number of nitrogens with one attached hydrogen (secondary N) is 3. The highest BCUT2D eigenvalue weighted by Gasteiger charge is 2.41. The molecule has 13 nitrogen and oxygen atoms in total. The lowest BCUT2D eigenvalue weighted by Gasteiger charge is -2.33. The second-order valence-electron chi connectivity index (χ2n) is 10.8. The van der Waals surface area contributed by atoms with E-state index in [9.17, 15) is 24.6 Å². The van der Waals surface area contributed by atoms with Gasteiger partial charge in [0.2, 0.25) is 0 Å². The van der Waals surface area contributed by atoms with Crippen LogP contribution in [0.15, 0.2) is 47.4 Å². The molecule has 2 aliphatic heterocycles. The lowest BCUT2D eigenvalue weighted by Crippen LogP contribution is -2.46. The summed E-state index contributed by atoms with van der Waals surface area (Å²) in [6, 6.07) is 10.8. The number of hydrogen-bond acceptors (Lipinski definition) is 10. The average molecular weight is 584 g/mol. The summed E-state index contributed by atoms with van der Waals surface area (Å²) < 4.78 is 5.48. The van der Waals surface area contributed by atoms with Gasteiger partial charge in [-0.05, 0) is 63.3 Å². The van der Waals surface area contributed by atoms with Gasteiger partial charge >= 0.3 is 0 Å². The van der Waals surface area contributed by atoms with E-state index in [-0.39, 0.29) is 59.5 Å². The summed E-state index contributed by atoms with van der Waals surface area (Å²) >= 11 is 0. The largest absolute Gasteiger partial charge is 0.504 e. The predicted molar refractivity (Wildman–Crippen MR) is 156 cm³/mol. The van der Waals surface area contributed by atoms with Crippen LogP contribution in [0.2, 0.25) is 0 Å². The van der Waals surface area contributed by atoms with E-state index in [1.807, 2.05) is 13.1 Å². The lowest BCUT2D eigenvalue weighted by atomic mass is 10.0. The topological polar surface area (TPSA) is 188 Å². The Morgan fingerprint density at radius 1 is 1.14 bits per heavy atom. The first-order chi connectivity index (χ1) is 20.7. The smallest absolute Gasteiger partial charge is 0.261 e. The Morgan fingerprint density at radius 3 is 2.60 bits per heavy atom. The number of imide groups is 1. The van der Waals surface area contributed by atoms with Crippen molar-refractivity contribution in [1.29, 1.82) is 5.26 Å². The number of carbonyl (C=O) groups is 2. The zero-order valence-electron chi connectivity index (χ0n) is 23.3. The molecule has 0 unspecified atom stereocenters. The zero-order valence-corrected chi connectivity index (χ0v) is 23.3. The number of ether oxygens (including phenoxy) is 1. The van der Waals surface area contributed by atoms with Gasteiger partial charge in [0, 0.05) is 24.8 Å². The molecule has 0 radical (unpaired) electrons. The fourth-order valence-electron chi connectivity index (χ4n) is 5.51. The summed E-state index contributed by atoms with van der Waals surface area (Å²) in [6.07, 6.45) is 1.89. The minimum Gasteiger partial charge on any atom is -0.504 e. The molecule has 0 saturated carbocycles. The number of imidazole rings is 1. The number of carbonyl (C=O) groups excluding carboxylic acids is 2. The Hall–Kier alpha value is -5.19. The maximum atomic E-state index is 13.3. The molecule has 220 valence electrons. The van der Waals surface area contributed by atoms with Crippen molar-refractivity contribution in [2.75, 3.05) is 38.6 Å². The third-order valence-electron chi connectivity index (χ3n) is 7.82. The second kappa shape index (κ2) is 11.2. The molecule has 2 amide bonds. The number of anilines is 1. The fraction of sp³-hybridized carbons (Fsp3) is 0.300. The van der Waals surface area contributed by atoms with Crippen LogP contribution in [-0.2, 0) is 0 Å². The van der Waals surface area contributed by atoms with Crippen molar-refractivity contribution < 1.29 is 24.5 Å². The van der Waals surface area contributed by atoms with Crippen LogP contribution in [0.25, 0.3) is 22.4 Å². The van der Waals surface area contributed by atoms with Gasteiger partial charge in [-0.15, -0.1) is 0 Å². The number of benzene rings is 2. The van der Waals surface area contributed by atoms with Gasteiger partial charge in [0.25, 0.3) is 17.4 Å². The van der Waals surface area contributed by atoms with E-state index in [1.165, 1.54) is 29.3 Å². The number of rotatable bonds is 8. The van der Waals surface area contributed by atoms with Crippen LogP contribution >= 0.6 is 0 Å². The molecule has 4 heterocycles. The summed E-state index contributed by atoms with van der Waals surface area (Å²) in [4.78, 5) is 53.3. The van der Waals surface area contributed by atoms with Crippen molar-refractivity contribution in [1.82, 2.24) is 24.8 Å². The SMILES string of the molecule is CN1CCC(N2C(=O)c3cc4nc(-c5c(NC[C@@H](O)COc6ccc(C#N)cc6O)cc[nH]c5=O)[nH]c4cc3C2=O)CC1. The summed E-state index contributed by atoms with van der Waals surface area (Å²) in [5, 5.41) is 32.4. The van der Waals surface area contributed by atoms with Gasteiger partial charge in [-0.2, -0.15) is 5.26 Å². The summed E-state index contributed by atoms with van der Waals surface area (Å²) in [5.74, 6) is -0.520. The highest BCUT2D eigenvalue weighted by molar-refractivity contribution is 6.23. The lowest BCUT2D eigenvalue weighted by molar-refractivity contribution is 0.0516. The molecule has 2 aliphatic rings. The highest BCUT2D eigenvalue weighted by atomic mass is 16.5. The van der Waals surface area contributed by atoms with Crippen LogP contribution in [0.5, 0.6) is 11.5 Å². The van der Waals surface area contributed by atoms with Crippen molar-refractivity contribution in [3.8, 4) is 29.0 Å². The molecule has 6 rings (SSSR count). The Kier molecular flexibility index (Phi) is 7.31. The summed E-state index contributed by atoms with van der Waals surface area (Å²) in [7, 11) is 2.02. The number of amides is 2. The van der Waals surface area contributed by atoms with Crippen molar-refractivity contribution in [2.45, 2.75) is 25.0 Å². The summed E-state index contributed by atoms with van der Waals surface area (Å²) in [5.41, 5.74) is 1.95. The van der Waals surface area contributed by atoms with Crippen molar-refractivity contribution in [3.63, 3.8) is 0 Å². The number of nitriles is 1. The molecule has 4 aromatic rings. The van der Waals surface area contributed by atoms with Gasteiger partial charge in [0.1, 0.15) is 24.1 Å². The first kappa shape index (κ1) is 28.0. The third-order valence-corrected chi connectivity index (χ3v) is 7.82. The molecule has 0 aliphatic carbocycles. The molecule has 43 heavy (non-hydrogen) atoms. The maximum absolute atomic E-state index is 13.3. The minimum atomic E-state index is -1.02. The molecule has 1 atom stereocenters. The standard InChI is InChI=1S/C30H29N7O6/c1-36-8-5-17(6-9-36)37-29(41)19-11-22-23(12-20(19)30(37)42)35-27(34-22)26-21(4-7-32-28(26)40)33-14-18(38)15-43-25-3-2-16(13-31)10-24(25)39/h2-4,7,10-12,17-18,38-39H,5-6,8-9,14-15H2,1H3,(H,34,35)(H2,32,33,40)/t18-/m1/s1. The number of likely N-dealkylation sites (tertiary alicyclic amines) is 1. The number of aromatic hydroxyl groups is 1. The molecule has 13 heteroatoms. The van der Waals surface area contributed by atoms with Gasteiger partial charge in [0.05, 0.1) is 39.5 Å². The maximum Gasteiger partial charge on any atom is 0.261 e. The number of aromatic nitrogens is 3. The number of aliphatic hydroxyl groups excluding tert-OH is 1. The molecule has 1 saturated heterocycles. The number of pyridine rings is 1. The van der Waals surface area contributed by atoms with Crippen LogP contribution < -0.4 is 15.6 Å². The predicted octanol–water partition coefficient (Wildman–Crippen LogP) is 2.04. The van der Waals surface area contributed by atoms with Crippen LogP contribution in [0, 0.1) is 11.3 Å². The Labute approximate surface area is 245 Å². The molecule has 0 bridgehead atoms. The number of fused-ring (bicyclic) bond motifs is 2. The Bertz CT molecular complexity index is 1780. The van der Waals surface area contributed by atoms with E-state index in [0.29, 0.717) is 27.8 Å². The number of H-pyrrole nitrogens is 2. The van der Waals surface area contributed by atoms with E-state index in [0.717, 1.165) is 25.9 Å². The number of aliphatic hydroxyl groups is 1.